The Morgan fingerprint density at radius 3 is 2.93 bits per heavy atom. The van der Waals surface area contributed by atoms with Crippen LogP contribution in [0.1, 0.15) is 10.5 Å². The van der Waals surface area contributed by atoms with Crippen LogP contribution in [-0.2, 0) is 4.74 Å². The van der Waals surface area contributed by atoms with E-state index in [9.17, 15) is 9.18 Å². The van der Waals surface area contributed by atoms with E-state index in [-0.39, 0.29) is 10.7 Å². The Labute approximate surface area is 89.2 Å². The van der Waals surface area contributed by atoms with Gasteiger partial charge in [0.15, 0.2) is 5.69 Å². The predicted molar refractivity (Wildman–Crippen MR) is 51.5 cm³/mol. The van der Waals surface area contributed by atoms with Gasteiger partial charge in [0.2, 0.25) is 5.95 Å². The fourth-order valence-electron chi connectivity index (χ4n) is 1.23. The molecule has 0 spiro atoms. The highest BCUT2D eigenvalue weighted by atomic mass is 35.5. The van der Waals surface area contributed by atoms with Gasteiger partial charge in [0.25, 0.3) is 0 Å². The molecule has 2 aromatic rings. The summed E-state index contributed by atoms with van der Waals surface area (Å²) in [5, 5.41) is 3.98. The van der Waals surface area contributed by atoms with Gasteiger partial charge in [0.1, 0.15) is 0 Å². The largest absolute Gasteiger partial charge is 0.464 e. The van der Waals surface area contributed by atoms with Gasteiger partial charge in [-0.05, 0) is 12.1 Å². The number of ether oxygens (including phenoxy) is 1. The van der Waals surface area contributed by atoms with Crippen molar-refractivity contribution in [2.24, 2.45) is 0 Å². The first-order valence-corrected chi connectivity index (χ1v) is 4.43. The SMILES string of the molecule is COC(=O)c1cc2cc(Cl)cc(F)n2n1. The summed E-state index contributed by atoms with van der Waals surface area (Å²) in [4.78, 5) is 11.1. The molecule has 0 aliphatic carbocycles. The first-order chi connectivity index (χ1) is 7.11. The number of hydrogen-bond donors (Lipinski definition) is 0. The van der Waals surface area contributed by atoms with Gasteiger partial charge in [-0.1, -0.05) is 11.6 Å². The number of methoxy groups -OCH3 is 1. The summed E-state index contributed by atoms with van der Waals surface area (Å²) >= 11 is 5.65. The molecule has 0 N–H and O–H groups in total. The minimum absolute atomic E-state index is 0.0404. The van der Waals surface area contributed by atoms with E-state index in [1.165, 1.54) is 19.2 Å². The van der Waals surface area contributed by atoms with Crippen LogP contribution < -0.4 is 0 Å². The average molecular weight is 229 g/mol. The zero-order valence-electron chi connectivity index (χ0n) is 7.70. The van der Waals surface area contributed by atoms with E-state index >= 15 is 0 Å². The quantitative estimate of drug-likeness (QED) is 0.553. The van der Waals surface area contributed by atoms with E-state index in [1.54, 1.807) is 0 Å². The highest BCUT2D eigenvalue weighted by molar-refractivity contribution is 6.30. The predicted octanol–water partition coefficient (Wildman–Crippen LogP) is 1.91. The van der Waals surface area contributed by atoms with Crippen LogP contribution in [-0.4, -0.2) is 22.7 Å². The van der Waals surface area contributed by atoms with Crippen molar-refractivity contribution in [1.29, 1.82) is 0 Å². The second-order valence-corrected chi connectivity index (χ2v) is 3.29. The number of carbonyl (C=O) groups excluding carboxylic acids is 1. The van der Waals surface area contributed by atoms with Crippen molar-refractivity contribution in [3.8, 4) is 0 Å². The van der Waals surface area contributed by atoms with Crippen LogP contribution in [0.15, 0.2) is 18.2 Å². The summed E-state index contributed by atoms with van der Waals surface area (Å²) in [6, 6.07) is 4.02. The van der Waals surface area contributed by atoms with Gasteiger partial charge >= 0.3 is 5.97 Å². The normalized spacial score (nSPS) is 10.6. The smallest absolute Gasteiger partial charge is 0.358 e. The Balaban J connectivity index is 2.65. The highest BCUT2D eigenvalue weighted by Crippen LogP contribution is 2.16. The molecule has 0 fully saturated rings. The number of nitrogens with zero attached hydrogens (tertiary/aromatic N) is 2. The molecule has 2 rings (SSSR count). The number of rotatable bonds is 1. The topological polar surface area (TPSA) is 43.6 Å². The summed E-state index contributed by atoms with van der Waals surface area (Å²) in [6.07, 6.45) is 0. The van der Waals surface area contributed by atoms with E-state index in [4.69, 9.17) is 11.6 Å². The first kappa shape index (κ1) is 9.92. The van der Waals surface area contributed by atoms with Crippen LogP contribution in [0, 0.1) is 5.95 Å². The summed E-state index contributed by atoms with van der Waals surface area (Å²) < 4.78 is 18.7. The van der Waals surface area contributed by atoms with Gasteiger partial charge < -0.3 is 4.74 Å². The maximum Gasteiger partial charge on any atom is 0.358 e. The zero-order chi connectivity index (χ0) is 11.0. The molecule has 4 nitrogen and oxygen atoms in total. The Bertz CT molecular complexity index is 538. The van der Waals surface area contributed by atoms with Crippen LogP contribution in [0.5, 0.6) is 0 Å². The average Bonchev–Trinajstić information content (AvgIpc) is 2.60. The van der Waals surface area contributed by atoms with Crippen LogP contribution in [0.2, 0.25) is 5.02 Å². The van der Waals surface area contributed by atoms with Gasteiger partial charge in [-0.25, -0.2) is 9.31 Å². The van der Waals surface area contributed by atoms with Gasteiger partial charge in [-0.3, -0.25) is 0 Å². The third kappa shape index (κ3) is 1.66. The third-order valence-electron chi connectivity index (χ3n) is 1.88. The molecule has 6 heteroatoms. The lowest BCUT2D eigenvalue weighted by Crippen LogP contribution is -2.03. The van der Waals surface area contributed by atoms with E-state index in [0.717, 1.165) is 10.6 Å². The molecule has 0 unspecified atom stereocenters. The van der Waals surface area contributed by atoms with Crippen LogP contribution in [0.4, 0.5) is 4.39 Å². The molecular weight excluding hydrogens is 223 g/mol. The molecule has 0 aliphatic rings. The number of aromatic nitrogens is 2. The zero-order valence-corrected chi connectivity index (χ0v) is 8.45. The van der Waals surface area contributed by atoms with E-state index in [0.29, 0.717) is 5.52 Å². The van der Waals surface area contributed by atoms with Crippen molar-refractivity contribution in [2.75, 3.05) is 7.11 Å². The van der Waals surface area contributed by atoms with E-state index < -0.39 is 11.9 Å². The van der Waals surface area contributed by atoms with Crippen molar-refractivity contribution in [1.82, 2.24) is 9.61 Å². The summed E-state index contributed by atoms with van der Waals surface area (Å²) in [6.45, 7) is 0. The second-order valence-electron chi connectivity index (χ2n) is 2.85. The Hall–Kier alpha value is -1.62. The van der Waals surface area contributed by atoms with Gasteiger partial charge in [0.05, 0.1) is 12.6 Å². The van der Waals surface area contributed by atoms with Crippen molar-refractivity contribution in [3.63, 3.8) is 0 Å². The molecule has 0 amide bonds. The molecule has 0 aliphatic heterocycles. The molecule has 0 bridgehead atoms. The van der Waals surface area contributed by atoms with Crippen molar-refractivity contribution < 1.29 is 13.9 Å². The molecule has 78 valence electrons. The highest BCUT2D eigenvalue weighted by Gasteiger charge is 2.13. The van der Waals surface area contributed by atoms with Crippen LogP contribution >= 0.6 is 11.6 Å². The van der Waals surface area contributed by atoms with Crippen LogP contribution in [0.25, 0.3) is 5.52 Å². The minimum Gasteiger partial charge on any atom is -0.464 e. The van der Waals surface area contributed by atoms with Crippen molar-refractivity contribution in [3.05, 3.63) is 34.9 Å². The molecule has 0 atom stereocenters. The third-order valence-corrected chi connectivity index (χ3v) is 2.09. The molecular formula is C9H6ClFN2O2. The summed E-state index contributed by atoms with van der Waals surface area (Å²) in [5.41, 5.74) is 0.444. The standard InChI is InChI=1S/C9H6ClFN2O2/c1-15-9(14)7-4-6-2-5(10)3-8(11)13(6)12-7/h2-4H,1H3. The fourth-order valence-corrected chi connectivity index (χ4v) is 1.43. The summed E-state index contributed by atoms with van der Waals surface area (Å²) in [5.74, 6) is -1.25. The number of fused-ring (bicyclic) bond motifs is 1. The lowest BCUT2D eigenvalue weighted by molar-refractivity contribution is 0.0593. The Morgan fingerprint density at radius 2 is 2.27 bits per heavy atom. The lowest BCUT2D eigenvalue weighted by Gasteiger charge is -1.95. The van der Waals surface area contributed by atoms with E-state index in [1.807, 2.05) is 0 Å². The molecule has 2 aromatic heterocycles. The van der Waals surface area contributed by atoms with Crippen molar-refractivity contribution in [2.45, 2.75) is 0 Å². The number of halogens is 2. The maximum atomic E-state index is 13.3. The lowest BCUT2D eigenvalue weighted by atomic mass is 10.3. The van der Waals surface area contributed by atoms with E-state index in [2.05, 4.69) is 9.84 Å². The molecule has 0 saturated carbocycles. The van der Waals surface area contributed by atoms with Gasteiger partial charge in [0, 0.05) is 11.1 Å². The molecule has 0 aromatic carbocycles. The first-order valence-electron chi connectivity index (χ1n) is 4.05. The molecule has 2 heterocycles. The molecule has 0 saturated heterocycles. The minimum atomic E-state index is -0.632. The number of esters is 1. The van der Waals surface area contributed by atoms with Gasteiger partial charge in [-0.15, -0.1) is 0 Å². The van der Waals surface area contributed by atoms with Crippen LogP contribution in [0.3, 0.4) is 0 Å². The molecule has 0 radical (unpaired) electrons. The number of hydrogen-bond acceptors (Lipinski definition) is 3. The Kier molecular flexibility index (Phi) is 2.32. The monoisotopic (exact) mass is 228 g/mol. The van der Waals surface area contributed by atoms with Crippen molar-refractivity contribution >= 4 is 23.1 Å². The fraction of sp³-hybridized carbons (Fsp3) is 0.111. The van der Waals surface area contributed by atoms with Gasteiger partial charge in [-0.2, -0.15) is 9.49 Å². The number of pyridine rings is 1. The second kappa shape index (κ2) is 3.51. The summed E-state index contributed by atoms with van der Waals surface area (Å²) in [7, 11) is 1.23. The molecule has 15 heavy (non-hydrogen) atoms. The maximum absolute atomic E-state index is 13.3. The Morgan fingerprint density at radius 1 is 1.53 bits per heavy atom. The number of carbonyl (C=O) groups is 1.